The number of carbonyl (C=O) groups is 2. The number of fused-ring (bicyclic) bond motifs is 1. The first kappa shape index (κ1) is 32.6. The average Bonchev–Trinajstić information content (AvgIpc) is 2.96. The smallest absolute Gasteiger partial charge is 0.251 e. The minimum atomic E-state index is -1.75. The van der Waals surface area contributed by atoms with Crippen molar-refractivity contribution in [3.8, 4) is 0 Å². The van der Waals surface area contributed by atoms with Crippen LogP contribution in [0.1, 0.15) is 68.3 Å². The number of rotatable bonds is 13. The van der Waals surface area contributed by atoms with E-state index < -0.39 is 52.9 Å². The summed E-state index contributed by atoms with van der Waals surface area (Å²) in [5.41, 5.74) is -1.59. The fourth-order valence-electron chi connectivity index (χ4n) is 4.98. The summed E-state index contributed by atoms with van der Waals surface area (Å²) in [7, 11) is 0. The van der Waals surface area contributed by atoms with Gasteiger partial charge in [-0.1, -0.05) is 39.0 Å². The monoisotopic (exact) mass is 622 g/mol. The molecule has 0 radical (unpaired) electrons. The molecule has 232 valence electrons. The summed E-state index contributed by atoms with van der Waals surface area (Å²) in [4.78, 5) is 27.5. The zero-order valence-electron chi connectivity index (χ0n) is 24.2. The van der Waals surface area contributed by atoms with Crippen molar-refractivity contribution < 1.29 is 36.3 Å². The van der Waals surface area contributed by atoms with Gasteiger partial charge in [-0.3, -0.25) is 9.59 Å². The second-order valence-corrected chi connectivity index (χ2v) is 12.0. The van der Waals surface area contributed by atoms with Crippen molar-refractivity contribution in [3.05, 3.63) is 82.6 Å². The van der Waals surface area contributed by atoms with Crippen LogP contribution in [0.3, 0.4) is 0 Å². The fraction of sp³-hybridized carbons (Fsp3) is 0.438. The van der Waals surface area contributed by atoms with Crippen LogP contribution >= 0.6 is 11.8 Å². The molecule has 0 spiro atoms. The number of hydrogen-bond acceptors (Lipinski definition) is 4. The van der Waals surface area contributed by atoms with Crippen LogP contribution in [0.15, 0.2) is 59.0 Å². The van der Waals surface area contributed by atoms with Gasteiger partial charge in [-0.25, -0.2) is 22.0 Å². The molecule has 2 atom stereocenters. The Bertz CT molecular complexity index is 1390. The van der Waals surface area contributed by atoms with Gasteiger partial charge >= 0.3 is 0 Å². The largest absolute Gasteiger partial charge is 0.494 e. The molecule has 1 aliphatic carbocycles. The molecule has 11 heteroatoms. The van der Waals surface area contributed by atoms with Gasteiger partial charge in [0.25, 0.3) is 5.91 Å². The molecule has 0 bridgehead atoms. The Kier molecular flexibility index (Phi) is 10.9. The number of thioether (sulfide) groups is 1. The summed E-state index contributed by atoms with van der Waals surface area (Å²) < 4.78 is 77.6. The SMILES string of the molecule is CCCCCCCCOC1=CC(F)C(C)(CN2C(=O)CSc3cc(C(=O)NCc4c(F)cc(F)cc4F)ccc32)C(F)=C1. The van der Waals surface area contributed by atoms with Gasteiger partial charge < -0.3 is 15.0 Å². The predicted molar refractivity (Wildman–Crippen MR) is 157 cm³/mol. The first-order chi connectivity index (χ1) is 20.5. The quantitative estimate of drug-likeness (QED) is 0.182. The van der Waals surface area contributed by atoms with Crippen LogP contribution in [-0.4, -0.2) is 36.9 Å². The van der Waals surface area contributed by atoms with Crippen LogP contribution in [0.25, 0.3) is 0 Å². The first-order valence-electron chi connectivity index (χ1n) is 14.4. The van der Waals surface area contributed by atoms with Crippen molar-refractivity contribution in [2.45, 2.75) is 70.0 Å². The number of nitrogens with zero attached hydrogens (tertiary/aromatic N) is 1. The van der Waals surface area contributed by atoms with Gasteiger partial charge in [-0.05, 0) is 37.6 Å². The van der Waals surface area contributed by atoms with Crippen molar-refractivity contribution in [1.82, 2.24) is 5.32 Å². The van der Waals surface area contributed by atoms with Gasteiger partial charge in [0.1, 0.15) is 35.2 Å². The maximum absolute atomic E-state index is 15.5. The number of nitrogens with one attached hydrogen (secondary N) is 1. The van der Waals surface area contributed by atoms with Gasteiger partial charge in [-0.15, -0.1) is 11.8 Å². The molecule has 2 amide bonds. The number of allylic oxidation sites excluding steroid dienone is 2. The molecular weight excluding hydrogens is 587 g/mol. The van der Waals surface area contributed by atoms with Crippen LogP contribution in [0.4, 0.5) is 27.6 Å². The van der Waals surface area contributed by atoms with E-state index in [4.69, 9.17) is 4.74 Å². The number of unbranched alkanes of at least 4 members (excludes halogenated alkanes) is 5. The van der Waals surface area contributed by atoms with Gasteiger partial charge in [0.05, 0.1) is 23.5 Å². The number of halogens is 5. The molecule has 43 heavy (non-hydrogen) atoms. The van der Waals surface area contributed by atoms with E-state index in [1.54, 1.807) is 0 Å². The first-order valence-corrected chi connectivity index (χ1v) is 15.4. The summed E-state index contributed by atoms with van der Waals surface area (Å²) in [6, 6.07) is 5.47. The highest BCUT2D eigenvalue weighted by Crippen LogP contribution is 2.44. The lowest BCUT2D eigenvalue weighted by Gasteiger charge is -2.39. The molecule has 0 saturated heterocycles. The highest BCUT2D eigenvalue weighted by atomic mass is 32.2. The molecular formula is C32H35F5N2O3S. The molecule has 0 aromatic heterocycles. The molecule has 0 fully saturated rings. The van der Waals surface area contributed by atoms with Gasteiger partial charge in [0.2, 0.25) is 5.91 Å². The molecule has 2 aliphatic rings. The van der Waals surface area contributed by atoms with Crippen LogP contribution in [0, 0.1) is 22.9 Å². The Morgan fingerprint density at radius 1 is 1.07 bits per heavy atom. The Labute approximate surface area is 252 Å². The minimum Gasteiger partial charge on any atom is -0.494 e. The van der Waals surface area contributed by atoms with Crippen LogP contribution in [-0.2, 0) is 16.1 Å². The van der Waals surface area contributed by atoms with Crippen molar-refractivity contribution in [2.75, 3.05) is 23.8 Å². The standard InChI is InChI=1S/C32H35F5N2O3S/c1-3-4-5-6-7-8-11-42-22-15-28(36)32(2,29(37)16-22)19-39-26-10-9-20(12-27(26)43-18-30(39)40)31(41)38-17-23-24(34)13-21(33)14-25(23)35/h9-10,12-16,28H,3-8,11,17-19H2,1-2H3,(H,38,41). The third-order valence-electron chi connectivity index (χ3n) is 7.68. The molecule has 1 heterocycles. The zero-order valence-corrected chi connectivity index (χ0v) is 25.0. The Hall–Kier alpha value is -3.34. The summed E-state index contributed by atoms with van der Waals surface area (Å²) in [6.07, 6.45) is 7.04. The van der Waals surface area contributed by atoms with E-state index >= 15 is 8.78 Å². The Morgan fingerprint density at radius 3 is 2.47 bits per heavy atom. The summed E-state index contributed by atoms with van der Waals surface area (Å²) in [6.45, 7) is 3.13. The number of benzene rings is 2. The van der Waals surface area contributed by atoms with E-state index in [2.05, 4.69) is 12.2 Å². The molecule has 2 aromatic rings. The number of ether oxygens (including phenoxy) is 1. The lowest BCUT2D eigenvalue weighted by molar-refractivity contribution is -0.116. The maximum Gasteiger partial charge on any atom is 0.251 e. The Morgan fingerprint density at radius 2 is 1.77 bits per heavy atom. The maximum atomic E-state index is 15.5. The second kappa shape index (κ2) is 14.4. The van der Waals surface area contributed by atoms with Crippen LogP contribution in [0.2, 0.25) is 0 Å². The van der Waals surface area contributed by atoms with E-state index in [1.807, 2.05) is 0 Å². The molecule has 5 nitrogen and oxygen atoms in total. The van der Waals surface area contributed by atoms with E-state index in [-0.39, 0.29) is 29.5 Å². The number of anilines is 1. The van der Waals surface area contributed by atoms with E-state index in [1.165, 1.54) is 60.4 Å². The molecule has 0 saturated carbocycles. The highest BCUT2D eigenvalue weighted by molar-refractivity contribution is 8.00. The van der Waals surface area contributed by atoms with Gasteiger partial charge in [0, 0.05) is 47.3 Å². The number of amides is 2. The Balaban J connectivity index is 1.41. The number of alkyl halides is 1. The molecule has 1 N–H and O–H groups in total. The molecule has 4 rings (SSSR count). The topological polar surface area (TPSA) is 58.6 Å². The summed E-state index contributed by atoms with van der Waals surface area (Å²) in [5, 5.41) is 2.40. The minimum absolute atomic E-state index is 0.00903. The highest BCUT2D eigenvalue weighted by Gasteiger charge is 2.44. The van der Waals surface area contributed by atoms with Crippen LogP contribution < -0.4 is 10.2 Å². The molecule has 1 aliphatic heterocycles. The van der Waals surface area contributed by atoms with Crippen molar-refractivity contribution >= 4 is 29.3 Å². The third-order valence-corrected chi connectivity index (χ3v) is 8.71. The lowest BCUT2D eigenvalue weighted by atomic mass is 9.79. The fourth-order valence-corrected chi connectivity index (χ4v) is 5.95. The van der Waals surface area contributed by atoms with Crippen molar-refractivity contribution in [1.29, 1.82) is 0 Å². The second-order valence-electron chi connectivity index (χ2n) is 11.0. The van der Waals surface area contributed by atoms with Crippen molar-refractivity contribution in [2.24, 2.45) is 5.41 Å². The van der Waals surface area contributed by atoms with Crippen LogP contribution in [0.5, 0.6) is 0 Å². The van der Waals surface area contributed by atoms with E-state index in [9.17, 15) is 22.8 Å². The molecule has 2 unspecified atom stereocenters. The number of carbonyl (C=O) groups excluding carboxylic acids is 2. The average molecular weight is 623 g/mol. The van der Waals surface area contributed by atoms with E-state index in [0.717, 1.165) is 32.1 Å². The van der Waals surface area contributed by atoms with Crippen molar-refractivity contribution in [3.63, 3.8) is 0 Å². The lowest BCUT2D eigenvalue weighted by Crippen LogP contribution is -2.47. The third kappa shape index (κ3) is 7.79. The zero-order chi connectivity index (χ0) is 31.1. The normalized spacial score (nSPS) is 19.9. The summed E-state index contributed by atoms with van der Waals surface area (Å²) >= 11 is 1.17. The summed E-state index contributed by atoms with van der Waals surface area (Å²) in [5.74, 6) is -4.91. The predicted octanol–water partition coefficient (Wildman–Crippen LogP) is 7.95. The van der Waals surface area contributed by atoms with E-state index in [0.29, 0.717) is 29.3 Å². The molecule has 2 aromatic carbocycles. The van der Waals surface area contributed by atoms with Gasteiger partial charge in [0.15, 0.2) is 0 Å². The number of hydrogen-bond donors (Lipinski definition) is 1. The van der Waals surface area contributed by atoms with Gasteiger partial charge in [-0.2, -0.15) is 0 Å².